The molecule has 3 atom stereocenters. The molecule has 0 saturated carbocycles. The van der Waals surface area contributed by atoms with Gasteiger partial charge in [-0.2, -0.15) is 0 Å². The van der Waals surface area contributed by atoms with Gasteiger partial charge in [0.25, 0.3) is 0 Å². The Bertz CT molecular complexity index is 465. The molecule has 4 N–H and O–H groups in total. The van der Waals surface area contributed by atoms with Gasteiger partial charge in [-0.3, -0.25) is 4.79 Å². The van der Waals surface area contributed by atoms with E-state index in [9.17, 15) is 20.1 Å². The van der Waals surface area contributed by atoms with Gasteiger partial charge in [-0.1, -0.05) is 81.2 Å². The van der Waals surface area contributed by atoms with Gasteiger partial charge in [-0.25, -0.2) is 0 Å². The Morgan fingerprint density at radius 3 is 2.00 bits per heavy atom. The number of hydrogen-bond donors (Lipinski definition) is 4. The maximum absolute atomic E-state index is 10.4. The lowest BCUT2D eigenvalue weighted by Crippen LogP contribution is -2.23. The minimum atomic E-state index is -0.966. The number of allylic oxidation sites excluding steroid dienone is 6. The Labute approximate surface area is 157 Å². The number of aliphatic carboxylic acids is 1. The summed E-state index contributed by atoms with van der Waals surface area (Å²) in [5, 5.41) is 37.8. The summed E-state index contributed by atoms with van der Waals surface area (Å²) < 4.78 is 0. The highest BCUT2D eigenvalue weighted by Crippen LogP contribution is 2.08. The van der Waals surface area contributed by atoms with E-state index in [0.29, 0.717) is 19.3 Å². The van der Waals surface area contributed by atoms with Gasteiger partial charge in [-0.15, -0.1) is 0 Å². The molecule has 5 nitrogen and oxygen atoms in total. The van der Waals surface area contributed by atoms with Crippen molar-refractivity contribution in [3.8, 4) is 0 Å². The van der Waals surface area contributed by atoms with Gasteiger partial charge in [-0.05, 0) is 19.3 Å². The van der Waals surface area contributed by atoms with E-state index in [1.165, 1.54) is 6.08 Å². The first-order valence-corrected chi connectivity index (χ1v) is 9.41. The zero-order valence-electron chi connectivity index (χ0n) is 15.7. The summed E-state index contributed by atoms with van der Waals surface area (Å²) in [6.45, 7) is 2.13. The van der Waals surface area contributed by atoms with Crippen LogP contribution in [0.15, 0.2) is 48.6 Å². The zero-order valence-corrected chi connectivity index (χ0v) is 15.7. The standard InChI is InChI=1S/C21H34O5/c1-2-3-8-13-18(22)14-9-6-4-5-7-10-15-19(23)20(24)16-11-12-17-21(25)26/h4-7,9-10,14-15,18-20,22-24H,2-3,8,11-13,16-17H2,1H3,(H,25,26)/b6-4-,7-5+,14-9+,15-10+. The van der Waals surface area contributed by atoms with E-state index in [2.05, 4.69) is 6.92 Å². The molecule has 0 bridgehead atoms. The van der Waals surface area contributed by atoms with Crippen molar-refractivity contribution in [1.82, 2.24) is 0 Å². The smallest absolute Gasteiger partial charge is 0.303 e. The molecule has 0 rings (SSSR count). The van der Waals surface area contributed by atoms with Gasteiger partial charge in [0.2, 0.25) is 0 Å². The molecular weight excluding hydrogens is 332 g/mol. The highest BCUT2D eigenvalue weighted by molar-refractivity contribution is 5.66. The number of aliphatic hydroxyl groups is 3. The molecule has 0 aliphatic rings. The number of hydrogen-bond acceptors (Lipinski definition) is 4. The van der Waals surface area contributed by atoms with E-state index in [0.717, 1.165) is 25.7 Å². The Kier molecular flexibility index (Phi) is 15.7. The van der Waals surface area contributed by atoms with Gasteiger partial charge < -0.3 is 20.4 Å². The highest BCUT2D eigenvalue weighted by atomic mass is 16.4. The normalized spacial score (nSPS) is 16.2. The molecule has 0 amide bonds. The average molecular weight is 366 g/mol. The van der Waals surface area contributed by atoms with Crippen molar-refractivity contribution < 1.29 is 25.2 Å². The van der Waals surface area contributed by atoms with Crippen LogP contribution in [0.5, 0.6) is 0 Å². The third-order valence-corrected chi connectivity index (χ3v) is 3.84. The van der Waals surface area contributed by atoms with Crippen molar-refractivity contribution in [2.45, 2.75) is 76.6 Å². The van der Waals surface area contributed by atoms with Crippen molar-refractivity contribution in [3.63, 3.8) is 0 Å². The first kappa shape index (κ1) is 24.3. The molecule has 5 heteroatoms. The lowest BCUT2D eigenvalue weighted by atomic mass is 10.1. The van der Waals surface area contributed by atoms with E-state index >= 15 is 0 Å². The fourth-order valence-electron chi connectivity index (χ4n) is 2.26. The van der Waals surface area contributed by atoms with Crippen LogP contribution in [0, 0.1) is 0 Å². The summed E-state index contributed by atoms with van der Waals surface area (Å²) in [5.41, 5.74) is 0. The summed E-state index contributed by atoms with van der Waals surface area (Å²) in [5.74, 6) is -0.848. The maximum atomic E-state index is 10.4. The first-order chi connectivity index (χ1) is 12.5. The minimum absolute atomic E-state index is 0.0813. The van der Waals surface area contributed by atoms with Gasteiger partial charge in [0.05, 0.1) is 18.3 Å². The monoisotopic (exact) mass is 366 g/mol. The quantitative estimate of drug-likeness (QED) is 0.263. The lowest BCUT2D eigenvalue weighted by molar-refractivity contribution is -0.137. The third kappa shape index (κ3) is 15.8. The molecule has 26 heavy (non-hydrogen) atoms. The summed E-state index contributed by atoms with van der Waals surface area (Å²) in [6, 6.07) is 0. The van der Waals surface area contributed by atoms with Crippen molar-refractivity contribution in [2.75, 3.05) is 0 Å². The Balaban J connectivity index is 3.94. The number of carboxylic acids is 1. The van der Waals surface area contributed by atoms with Crippen molar-refractivity contribution in [1.29, 1.82) is 0 Å². The van der Waals surface area contributed by atoms with E-state index in [-0.39, 0.29) is 6.42 Å². The van der Waals surface area contributed by atoms with Gasteiger partial charge in [0.15, 0.2) is 0 Å². The van der Waals surface area contributed by atoms with Gasteiger partial charge in [0.1, 0.15) is 0 Å². The van der Waals surface area contributed by atoms with Crippen molar-refractivity contribution in [2.24, 2.45) is 0 Å². The van der Waals surface area contributed by atoms with Crippen LogP contribution < -0.4 is 0 Å². The van der Waals surface area contributed by atoms with Crippen molar-refractivity contribution in [3.05, 3.63) is 48.6 Å². The van der Waals surface area contributed by atoms with Crippen LogP contribution in [0.25, 0.3) is 0 Å². The topological polar surface area (TPSA) is 98.0 Å². The predicted molar refractivity (Wildman–Crippen MR) is 105 cm³/mol. The number of carboxylic acid groups (broad SMARTS) is 1. The van der Waals surface area contributed by atoms with E-state index in [1.807, 2.05) is 12.2 Å². The van der Waals surface area contributed by atoms with Crippen LogP contribution in [0.3, 0.4) is 0 Å². The molecule has 0 heterocycles. The molecule has 0 aromatic carbocycles. The Morgan fingerprint density at radius 1 is 0.808 bits per heavy atom. The second-order valence-electron chi connectivity index (χ2n) is 6.30. The molecule has 0 saturated heterocycles. The first-order valence-electron chi connectivity index (χ1n) is 9.41. The highest BCUT2D eigenvalue weighted by Gasteiger charge is 2.12. The average Bonchev–Trinajstić information content (AvgIpc) is 2.60. The fraction of sp³-hybridized carbons (Fsp3) is 0.571. The fourth-order valence-corrected chi connectivity index (χ4v) is 2.26. The molecule has 148 valence electrons. The Morgan fingerprint density at radius 2 is 1.38 bits per heavy atom. The molecule has 0 fully saturated rings. The largest absolute Gasteiger partial charge is 0.481 e. The minimum Gasteiger partial charge on any atom is -0.481 e. The van der Waals surface area contributed by atoms with E-state index < -0.39 is 24.3 Å². The lowest BCUT2D eigenvalue weighted by Gasteiger charge is -2.13. The van der Waals surface area contributed by atoms with Crippen LogP contribution in [0.2, 0.25) is 0 Å². The number of carbonyl (C=O) groups is 1. The molecule has 0 aromatic rings. The molecule has 0 spiro atoms. The molecule has 0 aliphatic carbocycles. The van der Waals surface area contributed by atoms with Gasteiger partial charge in [0, 0.05) is 6.42 Å². The van der Waals surface area contributed by atoms with Crippen LogP contribution in [0.4, 0.5) is 0 Å². The van der Waals surface area contributed by atoms with Gasteiger partial charge >= 0.3 is 5.97 Å². The molecular formula is C21H34O5. The summed E-state index contributed by atoms with van der Waals surface area (Å²) in [4.78, 5) is 10.4. The van der Waals surface area contributed by atoms with Crippen LogP contribution in [0.1, 0.15) is 58.3 Å². The maximum Gasteiger partial charge on any atom is 0.303 e. The SMILES string of the molecule is CCCCCC(O)/C=C/C=C\C=C\C=C\C(O)C(O)CCCCC(=O)O. The second-order valence-corrected chi connectivity index (χ2v) is 6.30. The predicted octanol–water partition coefficient (Wildman–Crippen LogP) is 3.52. The summed E-state index contributed by atoms with van der Waals surface area (Å²) in [7, 11) is 0. The molecule has 3 unspecified atom stereocenters. The summed E-state index contributed by atoms with van der Waals surface area (Å²) in [6.07, 6.45) is 17.2. The molecule has 0 aromatic heterocycles. The molecule has 0 radical (unpaired) electrons. The van der Waals surface area contributed by atoms with Crippen molar-refractivity contribution >= 4 is 5.97 Å². The number of rotatable bonds is 15. The van der Waals surface area contributed by atoms with Crippen LogP contribution in [-0.2, 0) is 4.79 Å². The number of unbranched alkanes of at least 4 members (excludes halogenated alkanes) is 3. The Hall–Kier alpha value is -1.69. The summed E-state index contributed by atoms with van der Waals surface area (Å²) >= 11 is 0. The van der Waals surface area contributed by atoms with E-state index in [4.69, 9.17) is 5.11 Å². The second kappa shape index (κ2) is 16.8. The zero-order chi connectivity index (χ0) is 19.6. The van der Waals surface area contributed by atoms with Crippen LogP contribution >= 0.6 is 0 Å². The van der Waals surface area contributed by atoms with Crippen LogP contribution in [-0.4, -0.2) is 44.7 Å². The third-order valence-electron chi connectivity index (χ3n) is 3.84. The number of aliphatic hydroxyl groups excluding tert-OH is 3. The van der Waals surface area contributed by atoms with E-state index in [1.54, 1.807) is 30.4 Å². The molecule has 0 aliphatic heterocycles.